The monoisotopic (exact) mass is 414 g/mol. The Labute approximate surface area is 179 Å². The summed E-state index contributed by atoms with van der Waals surface area (Å²) < 4.78 is 5.21. The SMILES string of the molecule is COc1ccc(CN[C@@H]2C[C@@H]3C(=O)NC[C@@H](CCC(=O)N4CCCCC4)N3C2)cc1. The van der Waals surface area contributed by atoms with E-state index in [1.54, 1.807) is 7.11 Å². The Morgan fingerprint density at radius 2 is 1.97 bits per heavy atom. The van der Waals surface area contributed by atoms with Crippen LogP contribution in [0.4, 0.5) is 0 Å². The van der Waals surface area contributed by atoms with E-state index in [9.17, 15) is 9.59 Å². The van der Waals surface area contributed by atoms with Crippen LogP contribution in [0.5, 0.6) is 5.75 Å². The predicted molar refractivity (Wildman–Crippen MR) is 115 cm³/mol. The van der Waals surface area contributed by atoms with Crippen molar-refractivity contribution in [1.29, 1.82) is 0 Å². The first-order valence-electron chi connectivity index (χ1n) is 11.3. The van der Waals surface area contributed by atoms with E-state index < -0.39 is 0 Å². The molecule has 1 aromatic rings. The van der Waals surface area contributed by atoms with Crippen molar-refractivity contribution in [3.63, 3.8) is 0 Å². The first-order valence-corrected chi connectivity index (χ1v) is 11.3. The Balaban J connectivity index is 1.29. The quantitative estimate of drug-likeness (QED) is 0.708. The van der Waals surface area contributed by atoms with Crippen molar-refractivity contribution in [3.05, 3.63) is 29.8 Å². The Morgan fingerprint density at radius 3 is 2.70 bits per heavy atom. The number of hydrogen-bond acceptors (Lipinski definition) is 5. The number of benzene rings is 1. The lowest BCUT2D eigenvalue weighted by molar-refractivity contribution is -0.133. The van der Waals surface area contributed by atoms with Crippen molar-refractivity contribution >= 4 is 11.8 Å². The van der Waals surface area contributed by atoms with E-state index in [0.717, 1.165) is 57.6 Å². The Bertz CT molecular complexity index is 732. The molecule has 2 N–H and O–H groups in total. The molecule has 4 rings (SSSR count). The van der Waals surface area contributed by atoms with Gasteiger partial charge in [0.1, 0.15) is 5.75 Å². The standard InChI is InChI=1S/C23H34N4O3/c1-30-20-8-5-17(6-9-20)14-24-18-13-21-23(29)25-15-19(27(21)16-18)7-10-22(28)26-11-3-2-4-12-26/h5-6,8-9,18-19,21,24H,2-4,7,10-16H2,1H3,(H,25,29)/t18-,19-,21-/m1/s1. The minimum atomic E-state index is -0.0813. The van der Waals surface area contributed by atoms with Gasteiger partial charge in [-0.15, -0.1) is 0 Å². The lowest BCUT2D eigenvalue weighted by Gasteiger charge is -2.37. The number of methoxy groups -OCH3 is 1. The molecule has 1 aromatic carbocycles. The van der Waals surface area contributed by atoms with Crippen molar-refractivity contribution < 1.29 is 14.3 Å². The number of fused-ring (bicyclic) bond motifs is 1. The summed E-state index contributed by atoms with van der Waals surface area (Å²) in [5.74, 6) is 1.26. The summed E-state index contributed by atoms with van der Waals surface area (Å²) in [5.41, 5.74) is 1.20. The number of rotatable bonds is 7. The van der Waals surface area contributed by atoms with Gasteiger partial charge in [0.15, 0.2) is 0 Å². The summed E-state index contributed by atoms with van der Waals surface area (Å²) >= 11 is 0. The van der Waals surface area contributed by atoms with E-state index >= 15 is 0 Å². The van der Waals surface area contributed by atoms with Crippen LogP contribution >= 0.6 is 0 Å². The number of likely N-dealkylation sites (tertiary alicyclic amines) is 1. The average Bonchev–Trinajstić information content (AvgIpc) is 3.23. The highest BCUT2D eigenvalue weighted by Crippen LogP contribution is 2.26. The number of ether oxygens (including phenoxy) is 1. The topological polar surface area (TPSA) is 73.9 Å². The number of amides is 2. The van der Waals surface area contributed by atoms with E-state index in [1.807, 2.05) is 17.0 Å². The average molecular weight is 415 g/mol. The maximum absolute atomic E-state index is 12.6. The van der Waals surface area contributed by atoms with Gasteiger partial charge in [-0.25, -0.2) is 0 Å². The number of nitrogens with zero attached hydrogens (tertiary/aromatic N) is 2. The summed E-state index contributed by atoms with van der Waals surface area (Å²) in [6, 6.07) is 8.51. The number of carbonyl (C=O) groups is 2. The minimum Gasteiger partial charge on any atom is -0.497 e. The smallest absolute Gasteiger partial charge is 0.237 e. The van der Waals surface area contributed by atoms with Gasteiger partial charge in [0.05, 0.1) is 13.2 Å². The lowest BCUT2D eigenvalue weighted by atomic mass is 10.0. The molecule has 3 aliphatic heterocycles. The van der Waals surface area contributed by atoms with Crippen LogP contribution in [0.2, 0.25) is 0 Å². The third kappa shape index (κ3) is 4.95. The van der Waals surface area contributed by atoms with Crippen LogP contribution in [0.1, 0.15) is 44.1 Å². The predicted octanol–water partition coefficient (Wildman–Crippen LogP) is 1.52. The first-order chi connectivity index (χ1) is 14.6. The van der Waals surface area contributed by atoms with Gasteiger partial charge in [0.2, 0.25) is 11.8 Å². The molecule has 0 saturated carbocycles. The Morgan fingerprint density at radius 1 is 1.20 bits per heavy atom. The molecule has 0 aromatic heterocycles. The molecule has 30 heavy (non-hydrogen) atoms. The van der Waals surface area contributed by atoms with Crippen LogP contribution in [0.3, 0.4) is 0 Å². The van der Waals surface area contributed by atoms with Gasteiger partial charge < -0.3 is 20.3 Å². The molecule has 0 bridgehead atoms. The minimum absolute atomic E-state index is 0.0813. The van der Waals surface area contributed by atoms with Crippen LogP contribution in [0.15, 0.2) is 24.3 Å². The summed E-state index contributed by atoms with van der Waals surface area (Å²) in [6.45, 7) is 4.09. The zero-order valence-corrected chi connectivity index (χ0v) is 17.9. The highest BCUT2D eigenvalue weighted by atomic mass is 16.5. The summed E-state index contributed by atoms with van der Waals surface area (Å²) in [7, 11) is 1.67. The molecule has 3 fully saturated rings. The van der Waals surface area contributed by atoms with Crippen LogP contribution in [0, 0.1) is 0 Å². The number of nitrogens with one attached hydrogen (secondary N) is 2. The van der Waals surface area contributed by atoms with Crippen molar-refractivity contribution in [1.82, 2.24) is 20.4 Å². The maximum Gasteiger partial charge on any atom is 0.237 e. The number of carbonyl (C=O) groups excluding carboxylic acids is 2. The van der Waals surface area contributed by atoms with Crippen LogP contribution in [-0.4, -0.2) is 73.0 Å². The number of hydrogen-bond donors (Lipinski definition) is 2. The van der Waals surface area contributed by atoms with Gasteiger partial charge in [-0.2, -0.15) is 0 Å². The summed E-state index contributed by atoms with van der Waals surface area (Å²) in [4.78, 5) is 29.3. The largest absolute Gasteiger partial charge is 0.497 e. The fourth-order valence-corrected chi connectivity index (χ4v) is 4.99. The third-order valence-electron chi connectivity index (χ3n) is 6.78. The molecule has 7 nitrogen and oxygen atoms in total. The van der Waals surface area contributed by atoms with Gasteiger partial charge in [0, 0.05) is 51.2 Å². The van der Waals surface area contributed by atoms with Gasteiger partial charge in [-0.3, -0.25) is 14.5 Å². The molecule has 2 amide bonds. The van der Waals surface area contributed by atoms with E-state index in [0.29, 0.717) is 13.0 Å². The molecule has 0 aliphatic carbocycles. The fourth-order valence-electron chi connectivity index (χ4n) is 4.99. The Kier molecular flexibility index (Phi) is 6.89. The van der Waals surface area contributed by atoms with Crippen molar-refractivity contribution in [2.45, 2.75) is 63.2 Å². The first kappa shape index (κ1) is 21.1. The zero-order chi connectivity index (χ0) is 20.9. The fraction of sp³-hybridized carbons (Fsp3) is 0.652. The molecule has 0 radical (unpaired) electrons. The van der Waals surface area contributed by atoms with Crippen molar-refractivity contribution in [2.75, 3.05) is 33.3 Å². The molecule has 7 heteroatoms. The molecule has 3 atom stereocenters. The van der Waals surface area contributed by atoms with Gasteiger partial charge >= 0.3 is 0 Å². The molecule has 0 spiro atoms. The van der Waals surface area contributed by atoms with Crippen molar-refractivity contribution in [3.8, 4) is 5.75 Å². The molecule has 164 valence electrons. The van der Waals surface area contributed by atoms with E-state index in [1.165, 1.54) is 12.0 Å². The normalized spacial score (nSPS) is 26.9. The van der Waals surface area contributed by atoms with E-state index in [4.69, 9.17) is 4.74 Å². The van der Waals surface area contributed by atoms with E-state index in [-0.39, 0.29) is 29.9 Å². The molecule has 0 unspecified atom stereocenters. The van der Waals surface area contributed by atoms with Gasteiger partial charge in [-0.05, 0) is 49.8 Å². The highest BCUT2D eigenvalue weighted by Gasteiger charge is 2.43. The van der Waals surface area contributed by atoms with Gasteiger partial charge in [-0.1, -0.05) is 12.1 Å². The highest BCUT2D eigenvalue weighted by molar-refractivity contribution is 5.83. The second kappa shape index (κ2) is 9.79. The lowest BCUT2D eigenvalue weighted by Crippen LogP contribution is -2.58. The molecule has 3 heterocycles. The number of piperazine rings is 1. The van der Waals surface area contributed by atoms with E-state index in [2.05, 4.69) is 27.7 Å². The summed E-state index contributed by atoms with van der Waals surface area (Å²) in [5, 5.41) is 6.68. The van der Waals surface area contributed by atoms with Crippen molar-refractivity contribution in [2.24, 2.45) is 0 Å². The molecule has 3 aliphatic rings. The number of piperidine rings is 1. The third-order valence-corrected chi connectivity index (χ3v) is 6.78. The van der Waals surface area contributed by atoms with Gasteiger partial charge in [0.25, 0.3) is 0 Å². The second-order valence-electron chi connectivity index (χ2n) is 8.75. The summed E-state index contributed by atoms with van der Waals surface area (Å²) in [6.07, 6.45) is 5.70. The Hall–Kier alpha value is -2.12. The molecular formula is C23H34N4O3. The van der Waals surface area contributed by atoms with Crippen LogP contribution in [-0.2, 0) is 16.1 Å². The molecule has 3 saturated heterocycles. The van der Waals surface area contributed by atoms with Crippen LogP contribution in [0.25, 0.3) is 0 Å². The molecular weight excluding hydrogens is 380 g/mol. The second-order valence-corrected chi connectivity index (χ2v) is 8.75. The zero-order valence-electron chi connectivity index (χ0n) is 17.9. The maximum atomic E-state index is 12.6. The van der Waals surface area contributed by atoms with Crippen LogP contribution < -0.4 is 15.4 Å².